The van der Waals surface area contributed by atoms with Crippen molar-refractivity contribution >= 4 is 6.21 Å². The van der Waals surface area contributed by atoms with Crippen LogP contribution < -0.4 is 0 Å². The molecule has 172 valence electrons. The number of aliphatic imine (C=N–C) groups is 1. The van der Waals surface area contributed by atoms with Crippen molar-refractivity contribution in [3.63, 3.8) is 0 Å². The number of aryl methyl sites for hydroxylation is 2. The monoisotopic (exact) mass is 439 g/mol. The van der Waals surface area contributed by atoms with Crippen LogP contribution in [0, 0.1) is 0 Å². The molecule has 0 saturated heterocycles. The maximum atomic E-state index is 11.2. The number of rotatable bonds is 2. The molecule has 0 saturated carbocycles. The largest absolute Gasteiger partial charge is 0.507 e. The van der Waals surface area contributed by atoms with Gasteiger partial charge in [-0.05, 0) is 64.0 Å². The second kappa shape index (κ2) is 8.82. The first kappa shape index (κ1) is 23.3. The normalized spacial score (nSPS) is 16.7. The molecule has 7 rings (SSSR count). The van der Waals surface area contributed by atoms with Crippen LogP contribution >= 0.6 is 0 Å². The summed E-state index contributed by atoms with van der Waals surface area (Å²) in [5, 5.41) is 11.2. The van der Waals surface area contributed by atoms with E-state index in [2.05, 4.69) is 102 Å². The van der Waals surface area contributed by atoms with Crippen molar-refractivity contribution < 1.29 is 5.11 Å². The Balaban J connectivity index is 1.77. The smallest absolute Gasteiger partial charge is 0.128 e. The molecule has 4 bridgehead atoms. The zero-order valence-corrected chi connectivity index (χ0v) is 20.9. The molecule has 0 radical (unpaired) electrons. The van der Waals surface area contributed by atoms with Crippen molar-refractivity contribution in [2.45, 2.75) is 77.7 Å². The highest BCUT2D eigenvalue weighted by atomic mass is 16.3. The van der Waals surface area contributed by atoms with Gasteiger partial charge in [0.25, 0.3) is 0 Å². The number of phenolic OH excluding ortho intramolecular Hbond substituents is 1. The highest BCUT2D eigenvalue weighted by Crippen LogP contribution is 2.37. The third-order valence-electron chi connectivity index (χ3n) is 6.73. The number of hydrogen-bond acceptors (Lipinski definition) is 2. The van der Waals surface area contributed by atoms with Crippen molar-refractivity contribution in [2.75, 3.05) is 0 Å². The van der Waals surface area contributed by atoms with Gasteiger partial charge < -0.3 is 5.11 Å². The van der Waals surface area contributed by atoms with Gasteiger partial charge in [-0.2, -0.15) is 0 Å². The first-order valence-electron chi connectivity index (χ1n) is 12.1. The van der Waals surface area contributed by atoms with E-state index in [9.17, 15) is 5.11 Å². The molecule has 2 heteroatoms. The number of aromatic hydroxyl groups is 1. The molecule has 0 fully saturated rings. The van der Waals surface area contributed by atoms with E-state index in [-0.39, 0.29) is 16.9 Å². The van der Waals surface area contributed by atoms with Crippen LogP contribution in [0.5, 0.6) is 5.75 Å². The summed E-state index contributed by atoms with van der Waals surface area (Å²) in [6, 6.07) is 22.1. The van der Waals surface area contributed by atoms with E-state index in [0.29, 0.717) is 5.75 Å². The summed E-state index contributed by atoms with van der Waals surface area (Å²) < 4.78 is 0. The van der Waals surface area contributed by atoms with Crippen LogP contribution in [-0.2, 0) is 30.1 Å². The zero-order chi connectivity index (χ0) is 23.8. The SMILES string of the molecule is CC(C)(C)c1cc(C=NC2Cc3ccc(cc3)CCc3ccc2cc3)c(O)c(C(C)(C)C)c1. The van der Waals surface area contributed by atoms with Crippen molar-refractivity contribution in [3.8, 4) is 5.75 Å². The summed E-state index contributed by atoms with van der Waals surface area (Å²) in [4.78, 5) is 5.05. The van der Waals surface area contributed by atoms with Crippen LogP contribution in [0.1, 0.15) is 86.5 Å². The third-order valence-corrected chi connectivity index (χ3v) is 6.73. The molecular weight excluding hydrogens is 402 g/mol. The zero-order valence-electron chi connectivity index (χ0n) is 20.9. The van der Waals surface area contributed by atoms with Crippen molar-refractivity contribution in [2.24, 2.45) is 4.99 Å². The minimum atomic E-state index is -0.154. The molecule has 2 nitrogen and oxygen atoms in total. The summed E-state index contributed by atoms with van der Waals surface area (Å²) in [5.74, 6) is 0.340. The van der Waals surface area contributed by atoms with Gasteiger partial charge in [-0.15, -0.1) is 0 Å². The quantitative estimate of drug-likeness (QED) is 0.412. The Morgan fingerprint density at radius 3 is 1.85 bits per heavy atom. The lowest BCUT2D eigenvalue weighted by molar-refractivity contribution is 0.444. The summed E-state index contributed by atoms with van der Waals surface area (Å²) in [6.45, 7) is 13.1. The molecule has 0 spiro atoms. The minimum absolute atomic E-state index is 0.0000983. The number of hydrogen-bond donors (Lipinski definition) is 1. The number of nitrogens with zero attached hydrogens (tertiary/aromatic N) is 1. The highest BCUT2D eigenvalue weighted by molar-refractivity contribution is 5.85. The number of benzene rings is 3. The fourth-order valence-electron chi connectivity index (χ4n) is 4.45. The first-order valence-corrected chi connectivity index (χ1v) is 12.1. The van der Waals surface area contributed by atoms with Crippen LogP contribution in [0.2, 0.25) is 0 Å². The Morgan fingerprint density at radius 2 is 1.30 bits per heavy atom. The molecule has 0 heterocycles. The molecule has 1 unspecified atom stereocenters. The lowest BCUT2D eigenvalue weighted by Crippen LogP contribution is -2.17. The van der Waals surface area contributed by atoms with E-state index in [1.807, 2.05) is 6.21 Å². The lowest BCUT2D eigenvalue weighted by Gasteiger charge is -2.27. The first-order chi connectivity index (χ1) is 15.5. The van der Waals surface area contributed by atoms with Crippen LogP contribution in [0.25, 0.3) is 0 Å². The second-order valence-electron chi connectivity index (χ2n) is 11.5. The predicted molar refractivity (Wildman–Crippen MR) is 140 cm³/mol. The molecular formula is C31H37NO. The van der Waals surface area contributed by atoms with Gasteiger partial charge in [0.15, 0.2) is 0 Å². The van der Waals surface area contributed by atoms with Crippen LogP contribution in [0.15, 0.2) is 65.7 Å². The Bertz CT molecular complexity index is 1140. The van der Waals surface area contributed by atoms with Crippen LogP contribution in [0.3, 0.4) is 0 Å². The van der Waals surface area contributed by atoms with Gasteiger partial charge in [0, 0.05) is 17.3 Å². The second-order valence-corrected chi connectivity index (χ2v) is 11.5. The van der Waals surface area contributed by atoms with Crippen molar-refractivity contribution in [3.05, 3.63) is 99.6 Å². The molecule has 1 N–H and O–H groups in total. The van der Waals surface area contributed by atoms with E-state index < -0.39 is 0 Å². The molecule has 1 atom stereocenters. The summed E-state index contributed by atoms with van der Waals surface area (Å²) in [5.41, 5.74) is 8.04. The lowest BCUT2D eigenvalue weighted by atomic mass is 9.79. The van der Waals surface area contributed by atoms with Gasteiger partial charge in [0.2, 0.25) is 0 Å². The summed E-state index contributed by atoms with van der Waals surface area (Å²) >= 11 is 0. The predicted octanol–water partition coefficient (Wildman–Crippen LogP) is 7.49. The van der Waals surface area contributed by atoms with Gasteiger partial charge >= 0.3 is 0 Å². The number of phenols is 1. The Labute approximate surface area is 199 Å². The standard InChI is InChI=1S/C31H37NO/c1-30(2,3)26-18-25(29(33)27(19-26)31(4,5)6)20-32-28-17-23-11-9-21(10-12-23)7-8-22-13-15-24(28)16-14-22/h9-16,18-20,28,33H,7-8,17H2,1-6H3. The fraction of sp³-hybridized carbons (Fsp3) is 0.387. The van der Waals surface area contributed by atoms with E-state index in [1.54, 1.807) is 0 Å². The average molecular weight is 440 g/mol. The van der Waals surface area contributed by atoms with Gasteiger partial charge in [-0.25, -0.2) is 0 Å². The Morgan fingerprint density at radius 1 is 0.758 bits per heavy atom. The molecule has 0 amide bonds. The van der Waals surface area contributed by atoms with E-state index >= 15 is 0 Å². The summed E-state index contributed by atoms with van der Waals surface area (Å²) in [6.07, 6.45) is 4.85. The maximum Gasteiger partial charge on any atom is 0.128 e. The molecule has 4 aliphatic rings. The van der Waals surface area contributed by atoms with Gasteiger partial charge in [0.05, 0.1) is 6.04 Å². The van der Waals surface area contributed by atoms with Gasteiger partial charge in [-0.3, -0.25) is 4.99 Å². The maximum absolute atomic E-state index is 11.2. The fourth-order valence-corrected chi connectivity index (χ4v) is 4.45. The van der Waals surface area contributed by atoms with Crippen molar-refractivity contribution in [1.82, 2.24) is 0 Å². The van der Waals surface area contributed by atoms with E-state index in [4.69, 9.17) is 4.99 Å². The molecule has 33 heavy (non-hydrogen) atoms. The molecule has 4 aliphatic carbocycles. The third kappa shape index (κ3) is 5.38. The van der Waals surface area contributed by atoms with Gasteiger partial charge in [-0.1, -0.05) is 96.1 Å². The molecule has 0 aromatic heterocycles. The van der Waals surface area contributed by atoms with Crippen molar-refractivity contribution in [1.29, 1.82) is 0 Å². The Hall–Kier alpha value is -2.87. The average Bonchev–Trinajstić information content (AvgIpc) is 2.74. The van der Waals surface area contributed by atoms with E-state index in [0.717, 1.165) is 30.4 Å². The molecule has 3 aromatic carbocycles. The summed E-state index contributed by atoms with van der Waals surface area (Å²) in [7, 11) is 0. The Kier molecular flexibility index (Phi) is 6.22. The topological polar surface area (TPSA) is 32.6 Å². The highest BCUT2D eigenvalue weighted by Gasteiger charge is 2.24. The molecule has 0 aliphatic heterocycles. The minimum Gasteiger partial charge on any atom is -0.507 e. The van der Waals surface area contributed by atoms with E-state index in [1.165, 1.54) is 27.8 Å². The van der Waals surface area contributed by atoms with Gasteiger partial charge in [0.1, 0.15) is 5.75 Å². The molecule has 3 aromatic rings. The van der Waals surface area contributed by atoms with Crippen LogP contribution in [0.4, 0.5) is 0 Å². The van der Waals surface area contributed by atoms with Crippen LogP contribution in [-0.4, -0.2) is 11.3 Å².